The molecule has 0 saturated heterocycles. The van der Waals surface area contributed by atoms with Crippen LogP contribution in [0.2, 0.25) is 0 Å². The van der Waals surface area contributed by atoms with E-state index < -0.39 is 0 Å². The van der Waals surface area contributed by atoms with E-state index >= 15 is 0 Å². The third-order valence-electron chi connectivity index (χ3n) is 2.21. The summed E-state index contributed by atoms with van der Waals surface area (Å²) in [7, 11) is 2.00. The molecule has 0 aliphatic rings. The van der Waals surface area contributed by atoms with Gasteiger partial charge in [-0.15, -0.1) is 0 Å². The number of furan rings is 1. The Kier molecular flexibility index (Phi) is 3.55. The molecule has 0 bridgehead atoms. The van der Waals surface area contributed by atoms with Gasteiger partial charge < -0.3 is 9.73 Å². The zero-order valence-electron chi connectivity index (χ0n) is 8.92. The Bertz CT molecular complexity index is 252. The average molecular weight is 181 g/mol. The van der Waals surface area contributed by atoms with Crippen LogP contribution >= 0.6 is 0 Å². The van der Waals surface area contributed by atoms with Crippen LogP contribution in [-0.4, -0.2) is 7.05 Å². The fraction of sp³-hybridized carbons (Fsp3) is 0.636. The van der Waals surface area contributed by atoms with Gasteiger partial charge in [-0.1, -0.05) is 13.8 Å². The van der Waals surface area contributed by atoms with Crippen LogP contribution in [0.4, 0.5) is 0 Å². The predicted molar refractivity (Wildman–Crippen MR) is 54.7 cm³/mol. The first-order valence-electron chi connectivity index (χ1n) is 4.85. The zero-order valence-corrected chi connectivity index (χ0v) is 8.92. The maximum absolute atomic E-state index is 5.29. The molecule has 0 radical (unpaired) electrons. The van der Waals surface area contributed by atoms with Gasteiger partial charge in [0.2, 0.25) is 0 Å². The number of rotatable bonds is 4. The Labute approximate surface area is 80.3 Å². The Morgan fingerprint density at radius 2 is 2.15 bits per heavy atom. The van der Waals surface area contributed by atoms with Gasteiger partial charge in [0.1, 0.15) is 5.76 Å². The van der Waals surface area contributed by atoms with Crippen LogP contribution in [0.3, 0.4) is 0 Å². The summed E-state index contributed by atoms with van der Waals surface area (Å²) in [6.07, 6.45) is 2.99. The number of aryl methyl sites for hydroxylation is 1. The summed E-state index contributed by atoms with van der Waals surface area (Å²) in [5.41, 5.74) is 1.26. The van der Waals surface area contributed by atoms with Gasteiger partial charge in [-0.25, -0.2) is 0 Å². The maximum atomic E-state index is 5.29. The van der Waals surface area contributed by atoms with Gasteiger partial charge in [-0.05, 0) is 32.4 Å². The van der Waals surface area contributed by atoms with Gasteiger partial charge in [0.15, 0.2) is 0 Å². The molecule has 0 amide bonds. The van der Waals surface area contributed by atoms with Crippen molar-refractivity contribution in [3.8, 4) is 0 Å². The van der Waals surface area contributed by atoms with E-state index in [1.54, 1.807) is 0 Å². The van der Waals surface area contributed by atoms with Crippen molar-refractivity contribution in [1.29, 1.82) is 0 Å². The van der Waals surface area contributed by atoms with Crippen LogP contribution in [0.25, 0.3) is 0 Å². The summed E-state index contributed by atoms with van der Waals surface area (Å²) in [5, 5.41) is 3.30. The highest BCUT2D eigenvalue weighted by atomic mass is 16.3. The van der Waals surface area contributed by atoms with Crippen molar-refractivity contribution >= 4 is 0 Å². The van der Waals surface area contributed by atoms with E-state index in [0.717, 1.165) is 12.2 Å². The lowest BCUT2D eigenvalue weighted by atomic mass is 9.99. The second kappa shape index (κ2) is 4.47. The molecule has 0 spiro atoms. The molecule has 2 nitrogen and oxygen atoms in total. The van der Waals surface area contributed by atoms with Crippen molar-refractivity contribution in [2.24, 2.45) is 5.92 Å². The Hall–Kier alpha value is -0.760. The minimum absolute atomic E-state index is 0.428. The molecule has 1 aromatic heterocycles. The molecule has 1 aromatic rings. The molecule has 0 aliphatic carbocycles. The van der Waals surface area contributed by atoms with Crippen LogP contribution in [0, 0.1) is 12.8 Å². The van der Waals surface area contributed by atoms with E-state index in [-0.39, 0.29) is 0 Å². The summed E-state index contributed by atoms with van der Waals surface area (Å²) < 4.78 is 5.29. The smallest absolute Gasteiger partial charge is 0.101 e. The standard InChI is InChI=1S/C11H19NO/c1-8(2)5-11(12-4)10-6-9(3)13-7-10/h6-8,11-12H,5H2,1-4H3. The fourth-order valence-electron chi connectivity index (χ4n) is 1.54. The van der Waals surface area contributed by atoms with Gasteiger partial charge in [-0.2, -0.15) is 0 Å². The minimum atomic E-state index is 0.428. The predicted octanol–water partition coefficient (Wildman–Crippen LogP) is 2.89. The SMILES string of the molecule is CNC(CC(C)C)c1coc(C)c1. The van der Waals surface area contributed by atoms with E-state index in [1.165, 1.54) is 5.56 Å². The quantitative estimate of drug-likeness (QED) is 0.772. The third-order valence-corrected chi connectivity index (χ3v) is 2.21. The first-order valence-corrected chi connectivity index (χ1v) is 4.85. The molecular weight excluding hydrogens is 162 g/mol. The number of nitrogens with one attached hydrogen (secondary N) is 1. The van der Waals surface area contributed by atoms with Crippen molar-refractivity contribution in [2.75, 3.05) is 7.05 Å². The normalized spacial score (nSPS) is 13.6. The molecule has 0 aromatic carbocycles. The number of hydrogen-bond acceptors (Lipinski definition) is 2. The molecule has 13 heavy (non-hydrogen) atoms. The zero-order chi connectivity index (χ0) is 9.84. The molecule has 1 rings (SSSR count). The van der Waals surface area contributed by atoms with Gasteiger partial charge in [0.25, 0.3) is 0 Å². The van der Waals surface area contributed by atoms with Crippen molar-refractivity contribution in [3.05, 3.63) is 23.7 Å². The largest absolute Gasteiger partial charge is 0.469 e. The second-order valence-electron chi connectivity index (χ2n) is 3.96. The monoisotopic (exact) mass is 181 g/mol. The van der Waals surface area contributed by atoms with Crippen LogP contribution in [0.15, 0.2) is 16.7 Å². The lowest BCUT2D eigenvalue weighted by Crippen LogP contribution is -2.17. The minimum Gasteiger partial charge on any atom is -0.469 e. The first-order chi connectivity index (χ1) is 6.13. The molecule has 1 unspecified atom stereocenters. The van der Waals surface area contributed by atoms with Crippen molar-refractivity contribution < 1.29 is 4.42 Å². The van der Waals surface area contributed by atoms with E-state index in [2.05, 4.69) is 25.2 Å². The van der Waals surface area contributed by atoms with Crippen molar-refractivity contribution in [2.45, 2.75) is 33.2 Å². The highest BCUT2D eigenvalue weighted by Gasteiger charge is 2.12. The van der Waals surface area contributed by atoms with Crippen LogP contribution in [0.1, 0.15) is 37.6 Å². The Balaban J connectivity index is 2.66. The lowest BCUT2D eigenvalue weighted by Gasteiger charge is -2.16. The third kappa shape index (κ3) is 2.88. The van der Waals surface area contributed by atoms with E-state index in [0.29, 0.717) is 12.0 Å². The lowest BCUT2D eigenvalue weighted by molar-refractivity contribution is 0.450. The fourth-order valence-corrected chi connectivity index (χ4v) is 1.54. The Morgan fingerprint density at radius 1 is 1.46 bits per heavy atom. The summed E-state index contributed by atoms with van der Waals surface area (Å²) >= 11 is 0. The summed E-state index contributed by atoms with van der Waals surface area (Å²) in [6, 6.07) is 2.53. The molecule has 1 atom stereocenters. The summed E-state index contributed by atoms with van der Waals surface area (Å²) in [5.74, 6) is 1.69. The molecule has 0 fully saturated rings. The summed E-state index contributed by atoms with van der Waals surface area (Å²) in [6.45, 7) is 6.44. The molecule has 74 valence electrons. The molecule has 1 heterocycles. The molecule has 0 saturated carbocycles. The average Bonchev–Trinajstić information content (AvgIpc) is 2.47. The van der Waals surface area contributed by atoms with Gasteiger partial charge >= 0.3 is 0 Å². The maximum Gasteiger partial charge on any atom is 0.101 e. The van der Waals surface area contributed by atoms with E-state index in [4.69, 9.17) is 4.42 Å². The van der Waals surface area contributed by atoms with Gasteiger partial charge in [-0.3, -0.25) is 0 Å². The van der Waals surface area contributed by atoms with Crippen molar-refractivity contribution in [1.82, 2.24) is 5.32 Å². The van der Waals surface area contributed by atoms with E-state index in [1.807, 2.05) is 20.2 Å². The second-order valence-corrected chi connectivity index (χ2v) is 3.96. The number of hydrogen-bond donors (Lipinski definition) is 1. The Morgan fingerprint density at radius 3 is 2.54 bits per heavy atom. The van der Waals surface area contributed by atoms with Crippen molar-refractivity contribution in [3.63, 3.8) is 0 Å². The highest BCUT2D eigenvalue weighted by Crippen LogP contribution is 2.22. The first kappa shape index (κ1) is 10.3. The van der Waals surface area contributed by atoms with E-state index in [9.17, 15) is 0 Å². The topological polar surface area (TPSA) is 25.2 Å². The van der Waals surface area contributed by atoms with Crippen LogP contribution < -0.4 is 5.32 Å². The molecule has 0 aliphatic heterocycles. The molecular formula is C11H19NO. The highest BCUT2D eigenvalue weighted by molar-refractivity contribution is 5.16. The van der Waals surface area contributed by atoms with Crippen LogP contribution in [-0.2, 0) is 0 Å². The molecule has 1 N–H and O–H groups in total. The summed E-state index contributed by atoms with van der Waals surface area (Å²) in [4.78, 5) is 0. The van der Waals surface area contributed by atoms with Gasteiger partial charge in [0.05, 0.1) is 6.26 Å². The van der Waals surface area contributed by atoms with Gasteiger partial charge in [0, 0.05) is 11.6 Å². The molecule has 2 heteroatoms. The van der Waals surface area contributed by atoms with Crippen LogP contribution in [0.5, 0.6) is 0 Å².